The molecule has 0 spiro atoms. The molecule has 1 saturated carbocycles. The van der Waals surface area contributed by atoms with E-state index in [1.54, 1.807) is 24.3 Å². The van der Waals surface area contributed by atoms with E-state index < -0.39 is 10.0 Å². The molecule has 1 fully saturated rings. The van der Waals surface area contributed by atoms with E-state index in [2.05, 4.69) is 10.0 Å². The van der Waals surface area contributed by atoms with Crippen LogP contribution in [0, 0.1) is 12.8 Å². The third-order valence-electron chi connectivity index (χ3n) is 4.51. The van der Waals surface area contributed by atoms with Crippen molar-refractivity contribution in [3.63, 3.8) is 0 Å². The summed E-state index contributed by atoms with van der Waals surface area (Å²) < 4.78 is 33.3. The fourth-order valence-corrected chi connectivity index (χ4v) is 3.76. The van der Waals surface area contributed by atoms with Crippen molar-refractivity contribution in [2.75, 3.05) is 24.5 Å². The van der Waals surface area contributed by atoms with E-state index in [1.165, 1.54) is 25.0 Å². The number of rotatable bonds is 10. The van der Waals surface area contributed by atoms with Crippen LogP contribution in [0.3, 0.4) is 0 Å². The highest BCUT2D eigenvalue weighted by Gasteiger charge is 2.21. The molecule has 150 valence electrons. The van der Waals surface area contributed by atoms with Crippen molar-refractivity contribution in [3.05, 3.63) is 59.7 Å². The van der Waals surface area contributed by atoms with Crippen molar-refractivity contribution < 1.29 is 17.9 Å². The van der Waals surface area contributed by atoms with Crippen LogP contribution in [0.4, 0.5) is 5.69 Å². The second kappa shape index (κ2) is 9.21. The molecule has 3 rings (SSSR count). The van der Waals surface area contributed by atoms with Crippen molar-refractivity contribution in [3.8, 4) is 0 Å². The van der Waals surface area contributed by atoms with Crippen LogP contribution in [-0.4, -0.2) is 34.1 Å². The number of aryl methyl sites for hydroxylation is 1. The van der Waals surface area contributed by atoms with Crippen molar-refractivity contribution in [2.45, 2.75) is 31.1 Å². The lowest BCUT2D eigenvalue weighted by molar-refractivity contribution is 0.0937. The largest absolute Gasteiger partial charge is 0.381 e. The molecule has 2 N–H and O–H groups in total. The van der Waals surface area contributed by atoms with Gasteiger partial charge >= 0.3 is 0 Å². The van der Waals surface area contributed by atoms with E-state index in [-0.39, 0.29) is 10.8 Å². The van der Waals surface area contributed by atoms with Crippen LogP contribution < -0.4 is 10.0 Å². The Morgan fingerprint density at radius 2 is 1.89 bits per heavy atom. The molecule has 2 aromatic carbocycles. The van der Waals surface area contributed by atoms with Crippen molar-refractivity contribution in [2.24, 2.45) is 5.92 Å². The molecule has 1 amide bonds. The molecule has 0 saturated heterocycles. The Bertz CT molecular complexity index is 906. The standard InChI is InChI=1S/C21H26N2O4S/c1-16-6-10-19(11-7-16)23-28(25,26)20-5-2-4-18(14-20)21(24)22-12-3-13-27-15-17-8-9-17/h2,4-7,10-11,14,17,23H,3,8-9,12-13,15H2,1H3,(H,22,24). The number of hydrogen-bond acceptors (Lipinski definition) is 4. The van der Waals surface area contributed by atoms with Gasteiger partial charge in [0.1, 0.15) is 0 Å². The summed E-state index contributed by atoms with van der Waals surface area (Å²) in [4.78, 5) is 12.4. The maximum absolute atomic E-state index is 12.6. The third kappa shape index (κ3) is 6.07. The molecule has 0 atom stereocenters. The SMILES string of the molecule is Cc1ccc(NS(=O)(=O)c2cccc(C(=O)NCCCOCC3CC3)c2)cc1. The third-order valence-corrected chi connectivity index (χ3v) is 5.89. The van der Waals surface area contributed by atoms with Crippen molar-refractivity contribution in [1.82, 2.24) is 5.32 Å². The minimum Gasteiger partial charge on any atom is -0.381 e. The first-order valence-electron chi connectivity index (χ1n) is 9.49. The van der Waals surface area contributed by atoms with Gasteiger partial charge in [-0.25, -0.2) is 8.42 Å². The zero-order valence-electron chi connectivity index (χ0n) is 16.0. The molecule has 0 unspecified atom stereocenters. The van der Waals surface area contributed by atoms with Crippen LogP contribution >= 0.6 is 0 Å². The number of hydrogen-bond donors (Lipinski definition) is 2. The minimum atomic E-state index is -3.77. The highest BCUT2D eigenvalue weighted by atomic mass is 32.2. The molecule has 6 nitrogen and oxygen atoms in total. The van der Waals surface area contributed by atoms with Gasteiger partial charge in [0.2, 0.25) is 0 Å². The van der Waals surface area contributed by atoms with Gasteiger partial charge in [-0.3, -0.25) is 9.52 Å². The molecule has 0 aromatic heterocycles. The molecule has 1 aliphatic rings. The Kier molecular flexibility index (Phi) is 6.70. The number of benzene rings is 2. The fraction of sp³-hybridized carbons (Fsp3) is 0.381. The topological polar surface area (TPSA) is 84.5 Å². The lowest BCUT2D eigenvalue weighted by Crippen LogP contribution is -2.25. The van der Waals surface area contributed by atoms with Gasteiger partial charge in [0.05, 0.1) is 4.90 Å². The zero-order chi connectivity index (χ0) is 20.0. The van der Waals surface area contributed by atoms with Crippen LogP contribution in [-0.2, 0) is 14.8 Å². The lowest BCUT2D eigenvalue weighted by atomic mass is 10.2. The summed E-state index contributed by atoms with van der Waals surface area (Å²) in [5, 5.41) is 2.80. The minimum absolute atomic E-state index is 0.0495. The average molecular weight is 403 g/mol. The predicted octanol–water partition coefficient (Wildman–Crippen LogP) is 3.34. The summed E-state index contributed by atoms with van der Waals surface area (Å²) in [6.07, 6.45) is 3.24. The van der Waals surface area contributed by atoms with Gasteiger partial charge in [0, 0.05) is 31.0 Å². The van der Waals surface area contributed by atoms with E-state index in [9.17, 15) is 13.2 Å². The van der Waals surface area contributed by atoms with Crippen LogP contribution in [0.1, 0.15) is 35.2 Å². The number of carbonyl (C=O) groups is 1. The van der Waals surface area contributed by atoms with Crippen LogP contribution in [0.2, 0.25) is 0 Å². The summed E-state index contributed by atoms with van der Waals surface area (Å²) in [6.45, 7) is 3.84. The Hall–Kier alpha value is -2.38. The summed E-state index contributed by atoms with van der Waals surface area (Å²) >= 11 is 0. The van der Waals surface area contributed by atoms with Crippen LogP contribution in [0.5, 0.6) is 0 Å². The van der Waals surface area contributed by atoms with Crippen molar-refractivity contribution in [1.29, 1.82) is 0 Å². The van der Waals surface area contributed by atoms with Gasteiger partial charge in [-0.05, 0) is 62.4 Å². The maximum Gasteiger partial charge on any atom is 0.261 e. The van der Waals surface area contributed by atoms with Gasteiger partial charge in [-0.2, -0.15) is 0 Å². The molecule has 7 heteroatoms. The maximum atomic E-state index is 12.6. The first kappa shape index (κ1) is 20.4. The van der Waals surface area contributed by atoms with Crippen LogP contribution in [0.25, 0.3) is 0 Å². The quantitative estimate of drug-likeness (QED) is 0.597. The predicted molar refractivity (Wildman–Crippen MR) is 109 cm³/mol. The van der Waals surface area contributed by atoms with E-state index >= 15 is 0 Å². The first-order valence-corrected chi connectivity index (χ1v) is 11.0. The number of amides is 1. The number of sulfonamides is 1. The summed E-state index contributed by atoms with van der Waals surface area (Å²) in [6, 6.07) is 13.1. The van der Waals surface area contributed by atoms with Gasteiger partial charge in [-0.1, -0.05) is 23.8 Å². The normalized spacial score (nSPS) is 13.9. The molecular weight excluding hydrogens is 376 g/mol. The molecule has 0 heterocycles. The second-order valence-electron chi connectivity index (χ2n) is 7.13. The molecule has 28 heavy (non-hydrogen) atoms. The summed E-state index contributed by atoms with van der Waals surface area (Å²) in [7, 11) is -3.77. The van der Waals surface area contributed by atoms with E-state index in [4.69, 9.17) is 4.74 Å². The van der Waals surface area contributed by atoms with E-state index in [1.807, 2.05) is 19.1 Å². The van der Waals surface area contributed by atoms with Gasteiger partial charge in [-0.15, -0.1) is 0 Å². The van der Waals surface area contributed by atoms with Gasteiger partial charge < -0.3 is 10.1 Å². The molecule has 2 aromatic rings. The Morgan fingerprint density at radius 1 is 1.14 bits per heavy atom. The number of carbonyl (C=O) groups excluding carboxylic acids is 1. The number of ether oxygens (including phenoxy) is 1. The molecule has 0 aliphatic heterocycles. The molecule has 0 radical (unpaired) electrons. The van der Waals surface area contributed by atoms with E-state index in [0.29, 0.717) is 24.4 Å². The smallest absolute Gasteiger partial charge is 0.261 e. The summed E-state index contributed by atoms with van der Waals surface area (Å²) in [5.74, 6) is 0.433. The number of nitrogens with one attached hydrogen (secondary N) is 2. The number of anilines is 1. The fourth-order valence-electron chi connectivity index (χ4n) is 2.65. The highest BCUT2D eigenvalue weighted by molar-refractivity contribution is 7.92. The first-order chi connectivity index (χ1) is 13.4. The Morgan fingerprint density at radius 3 is 2.61 bits per heavy atom. The van der Waals surface area contributed by atoms with E-state index in [0.717, 1.165) is 24.5 Å². The average Bonchev–Trinajstić information content (AvgIpc) is 3.50. The highest BCUT2D eigenvalue weighted by Crippen LogP contribution is 2.28. The monoisotopic (exact) mass is 402 g/mol. The molecule has 1 aliphatic carbocycles. The molecular formula is C21H26N2O4S. The Balaban J connectivity index is 1.54. The lowest BCUT2D eigenvalue weighted by Gasteiger charge is -2.10. The van der Waals surface area contributed by atoms with Gasteiger partial charge in [0.15, 0.2) is 0 Å². The van der Waals surface area contributed by atoms with Gasteiger partial charge in [0.25, 0.3) is 15.9 Å². The second-order valence-corrected chi connectivity index (χ2v) is 8.81. The zero-order valence-corrected chi connectivity index (χ0v) is 16.8. The molecule has 0 bridgehead atoms. The Labute approximate surface area is 166 Å². The summed E-state index contributed by atoms with van der Waals surface area (Å²) in [5.41, 5.74) is 1.83. The van der Waals surface area contributed by atoms with Crippen LogP contribution in [0.15, 0.2) is 53.4 Å². The van der Waals surface area contributed by atoms with Crippen molar-refractivity contribution >= 4 is 21.6 Å².